The molecule has 1 fully saturated rings. The van der Waals surface area contributed by atoms with Gasteiger partial charge in [0.25, 0.3) is 0 Å². The summed E-state index contributed by atoms with van der Waals surface area (Å²) < 4.78 is 0. The molecule has 0 radical (unpaired) electrons. The van der Waals surface area contributed by atoms with Crippen molar-refractivity contribution in [1.29, 1.82) is 0 Å². The van der Waals surface area contributed by atoms with Crippen LogP contribution in [0.4, 0.5) is 0 Å². The van der Waals surface area contributed by atoms with Crippen molar-refractivity contribution in [2.24, 2.45) is 0 Å². The Labute approximate surface area is 257 Å². The summed E-state index contributed by atoms with van der Waals surface area (Å²) in [4.78, 5) is 17.9. The van der Waals surface area contributed by atoms with Crippen LogP contribution in [0.3, 0.4) is 0 Å². The number of benzene rings is 3. The molecule has 0 amide bonds. The zero-order valence-electron chi connectivity index (χ0n) is 24.5. The molecule has 4 nitrogen and oxygen atoms in total. The topological polar surface area (TPSA) is 51.6 Å². The Bertz CT molecular complexity index is 2100. The van der Waals surface area contributed by atoms with E-state index in [1.165, 1.54) is 70.3 Å². The van der Waals surface area contributed by atoms with Crippen molar-refractivity contribution in [3.63, 3.8) is 0 Å². The van der Waals surface area contributed by atoms with Gasteiger partial charge >= 0.3 is 0 Å². The number of nitrogens with zero attached hydrogens (tertiary/aromatic N) is 4. The Kier molecular flexibility index (Phi) is 6.88. The van der Waals surface area contributed by atoms with E-state index in [2.05, 4.69) is 98.8 Å². The molecule has 212 valence electrons. The summed E-state index contributed by atoms with van der Waals surface area (Å²) in [7, 11) is 0. The lowest BCUT2D eigenvalue weighted by Gasteiger charge is -2.24. The smallest absolute Gasteiger partial charge is 0.0353 e. The fraction of sp³-hybridized carbons (Fsp3) is 0.150. The summed E-state index contributed by atoms with van der Waals surface area (Å²) in [6.45, 7) is 0. The molecule has 0 atom stereocenters. The minimum Gasteiger partial charge on any atom is -0.265 e. The van der Waals surface area contributed by atoms with Crippen LogP contribution in [0.25, 0.3) is 66.1 Å². The minimum atomic E-state index is 0.593. The molecule has 0 unspecified atom stereocenters. The van der Waals surface area contributed by atoms with Crippen LogP contribution < -0.4 is 0 Å². The first-order valence-corrected chi connectivity index (χ1v) is 15.5. The molecule has 0 bridgehead atoms. The molecule has 8 rings (SSSR count). The highest BCUT2D eigenvalue weighted by Gasteiger charge is 2.23. The number of hydrogen-bond donors (Lipinski definition) is 0. The van der Waals surface area contributed by atoms with Gasteiger partial charge in [-0.15, -0.1) is 0 Å². The van der Waals surface area contributed by atoms with Crippen molar-refractivity contribution in [2.75, 3.05) is 0 Å². The van der Waals surface area contributed by atoms with Crippen molar-refractivity contribution >= 4 is 21.5 Å². The van der Waals surface area contributed by atoms with Crippen LogP contribution in [0, 0.1) is 0 Å². The number of aromatic nitrogens is 4. The Hall–Kier alpha value is -5.22. The highest BCUT2D eigenvalue weighted by Crippen LogP contribution is 2.48. The van der Waals surface area contributed by atoms with E-state index in [0.29, 0.717) is 5.92 Å². The minimum absolute atomic E-state index is 0.593. The maximum atomic E-state index is 4.68. The van der Waals surface area contributed by atoms with E-state index in [4.69, 9.17) is 0 Å². The first kappa shape index (κ1) is 26.4. The first-order valence-electron chi connectivity index (χ1n) is 15.5. The molecule has 1 aliphatic rings. The molecule has 0 N–H and O–H groups in total. The van der Waals surface area contributed by atoms with Crippen LogP contribution >= 0.6 is 0 Å². The third-order valence-corrected chi connectivity index (χ3v) is 9.29. The largest absolute Gasteiger partial charge is 0.265 e. The fourth-order valence-electron chi connectivity index (χ4n) is 7.22. The van der Waals surface area contributed by atoms with Crippen molar-refractivity contribution < 1.29 is 0 Å². The molecule has 44 heavy (non-hydrogen) atoms. The van der Waals surface area contributed by atoms with Gasteiger partial charge in [-0.25, -0.2) is 0 Å². The van der Waals surface area contributed by atoms with Gasteiger partial charge < -0.3 is 0 Å². The molecular formula is C40H32N4. The molecule has 1 saturated carbocycles. The van der Waals surface area contributed by atoms with Gasteiger partial charge in [-0.3, -0.25) is 19.9 Å². The number of hydrogen-bond acceptors (Lipinski definition) is 4. The van der Waals surface area contributed by atoms with Crippen molar-refractivity contribution in [3.8, 4) is 44.5 Å². The monoisotopic (exact) mass is 568 g/mol. The summed E-state index contributed by atoms with van der Waals surface area (Å²) in [6.07, 6.45) is 21.7. The quantitative estimate of drug-likeness (QED) is 0.194. The van der Waals surface area contributed by atoms with Gasteiger partial charge in [0.1, 0.15) is 0 Å². The molecule has 4 aromatic heterocycles. The van der Waals surface area contributed by atoms with E-state index in [0.717, 1.165) is 33.4 Å². The third-order valence-electron chi connectivity index (χ3n) is 9.29. The van der Waals surface area contributed by atoms with Crippen LogP contribution in [0.15, 0.2) is 128 Å². The van der Waals surface area contributed by atoms with Gasteiger partial charge in [-0.1, -0.05) is 61.7 Å². The number of pyridine rings is 4. The van der Waals surface area contributed by atoms with Gasteiger partial charge in [0, 0.05) is 60.7 Å². The highest BCUT2D eigenvalue weighted by atomic mass is 14.6. The molecular weight excluding hydrogens is 536 g/mol. The Morgan fingerprint density at radius 1 is 0.432 bits per heavy atom. The predicted molar refractivity (Wildman–Crippen MR) is 180 cm³/mol. The summed E-state index contributed by atoms with van der Waals surface area (Å²) in [5.74, 6) is 0.593. The summed E-state index contributed by atoms with van der Waals surface area (Å²) in [6, 6.07) is 28.7. The Morgan fingerprint density at radius 2 is 0.932 bits per heavy atom. The van der Waals surface area contributed by atoms with Gasteiger partial charge in [0.2, 0.25) is 0 Å². The van der Waals surface area contributed by atoms with Crippen molar-refractivity contribution in [2.45, 2.75) is 38.0 Å². The van der Waals surface area contributed by atoms with Gasteiger partial charge in [-0.05, 0) is 116 Å². The third kappa shape index (κ3) is 4.64. The van der Waals surface area contributed by atoms with E-state index in [1.807, 2.05) is 49.6 Å². The summed E-state index contributed by atoms with van der Waals surface area (Å²) >= 11 is 0. The molecule has 3 aromatic carbocycles. The molecule has 0 aliphatic heterocycles. The SMILES string of the molecule is c1ccc2c(-c3cnccc3-c3ccncc3)c3cc(C4CCCCC4)ccc3c(-c3cnccc3-c3ccncc3)c2c1. The van der Waals surface area contributed by atoms with Gasteiger partial charge in [0.15, 0.2) is 0 Å². The highest BCUT2D eigenvalue weighted by molar-refractivity contribution is 6.23. The standard InChI is InChI=1S/C40H32N4/c1-2-6-27(7-3-1)30-10-11-35-36(24-30)40(38-26-44-23-17-32(38)29-14-20-42-21-15-29)34-9-5-4-8-33(34)39(35)37-25-43-22-16-31(37)28-12-18-41-19-13-28/h4-5,8-27H,1-3,6-7H2. The second-order valence-electron chi connectivity index (χ2n) is 11.7. The normalized spacial score (nSPS) is 13.8. The van der Waals surface area contributed by atoms with Crippen LogP contribution in [0.1, 0.15) is 43.6 Å². The van der Waals surface area contributed by atoms with Crippen LogP contribution in [-0.4, -0.2) is 19.9 Å². The predicted octanol–water partition coefficient (Wildman–Crippen LogP) is 10.3. The maximum Gasteiger partial charge on any atom is 0.0353 e. The van der Waals surface area contributed by atoms with Crippen molar-refractivity contribution in [1.82, 2.24) is 19.9 Å². The lowest BCUT2D eigenvalue weighted by molar-refractivity contribution is 0.444. The number of rotatable bonds is 5. The Balaban J connectivity index is 1.50. The lowest BCUT2D eigenvalue weighted by atomic mass is 9.80. The van der Waals surface area contributed by atoms with E-state index in [-0.39, 0.29) is 0 Å². The molecule has 0 spiro atoms. The lowest BCUT2D eigenvalue weighted by Crippen LogP contribution is -2.04. The zero-order chi connectivity index (χ0) is 29.3. The molecule has 0 saturated heterocycles. The van der Waals surface area contributed by atoms with E-state index in [1.54, 1.807) is 0 Å². The second kappa shape index (κ2) is 11.5. The average molecular weight is 569 g/mol. The molecule has 4 heterocycles. The fourth-order valence-corrected chi connectivity index (χ4v) is 7.22. The molecule has 7 aromatic rings. The van der Waals surface area contributed by atoms with E-state index >= 15 is 0 Å². The average Bonchev–Trinajstić information content (AvgIpc) is 3.11. The van der Waals surface area contributed by atoms with Gasteiger partial charge in [-0.2, -0.15) is 0 Å². The number of fused-ring (bicyclic) bond motifs is 2. The van der Waals surface area contributed by atoms with Crippen LogP contribution in [0.5, 0.6) is 0 Å². The zero-order valence-corrected chi connectivity index (χ0v) is 24.5. The summed E-state index contributed by atoms with van der Waals surface area (Å²) in [5, 5.41) is 4.90. The molecule has 4 heteroatoms. The molecule has 1 aliphatic carbocycles. The van der Waals surface area contributed by atoms with E-state index in [9.17, 15) is 0 Å². The maximum absolute atomic E-state index is 4.68. The summed E-state index contributed by atoms with van der Waals surface area (Å²) in [5.41, 5.74) is 10.7. The van der Waals surface area contributed by atoms with Crippen molar-refractivity contribution in [3.05, 3.63) is 134 Å². The second-order valence-corrected chi connectivity index (χ2v) is 11.7. The Morgan fingerprint density at radius 3 is 1.50 bits per heavy atom. The van der Waals surface area contributed by atoms with Gasteiger partial charge in [0.05, 0.1) is 0 Å². The van der Waals surface area contributed by atoms with Crippen LogP contribution in [0.2, 0.25) is 0 Å². The van der Waals surface area contributed by atoms with Crippen LogP contribution in [-0.2, 0) is 0 Å². The first-order chi connectivity index (χ1) is 21.9. The van der Waals surface area contributed by atoms with E-state index < -0.39 is 0 Å².